The molecule has 0 bridgehead atoms. The quantitative estimate of drug-likeness (QED) is 0.644. The minimum absolute atomic E-state index is 0.0503. The van der Waals surface area contributed by atoms with E-state index in [-0.39, 0.29) is 5.50 Å². The van der Waals surface area contributed by atoms with Gasteiger partial charge in [-0.15, -0.1) is 23.1 Å². The molecule has 4 nitrogen and oxygen atoms in total. The number of hydrogen-bond donors (Lipinski definition) is 1. The summed E-state index contributed by atoms with van der Waals surface area (Å²) < 4.78 is 38.2. The monoisotopic (exact) mass is 428 g/mol. The van der Waals surface area contributed by atoms with Crippen LogP contribution in [-0.2, 0) is 11.9 Å². The summed E-state index contributed by atoms with van der Waals surface area (Å²) >= 11 is 3.25. The zero-order valence-electron chi connectivity index (χ0n) is 16.0. The first-order valence-electron chi connectivity index (χ1n) is 9.11. The van der Waals surface area contributed by atoms with Gasteiger partial charge < -0.3 is 4.90 Å². The lowest BCUT2D eigenvalue weighted by Crippen LogP contribution is -2.38. The lowest BCUT2D eigenvalue weighted by molar-refractivity contribution is -0.137. The Kier molecular flexibility index (Phi) is 6.54. The molecule has 0 saturated heterocycles. The second-order valence-corrected chi connectivity index (χ2v) is 8.89. The highest BCUT2D eigenvalue weighted by molar-refractivity contribution is 7.99. The lowest BCUT2D eigenvalue weighted by atomic mass is 10.1. The fourth-order valence-corrected chi connectivity index (χ4v) is 4.91. The van der Waals surface area contributed by atoms with E-state index in [9.17, 15) is 13.2 Å². The van der Waals surface area contributed by atoms with Gasteiger partial charge in [-0.1, -0.05) is 25.5 Å². The predicted octanol–water partition coefficient (Wildman–Crippen LogP) is 5.36. The molecule has 2 aromatic rings. The molecule has 1 unspecified atom stereocenters. The molecule has 0 radical (unpaired) electrons. The smallest absolute Gasteiger partial charge is 0.324 e. The van der Waals surface area contributed by atoms with Crippen LogP contribution in [0.2, 0.25) is 0 Å². The van der Waals surface area contributed by atoms with Gasteiger partial charge in [-0.2, -0.15) is 18.3 Å². The van der Waals surface area contributed by atoms with Gasteiger partial charge in [0, 0.05) is 12.3 Å². The van der Waals surface area contributed by atoms with E-state index < -0.39 is 11.7 Å². The number of halogens is 3. The SMILES string of the molecule is CCCCN1C(c2sc(C)nc2C)=NNC1SCc1ccc(C(F)(F)F)cc1. The Balaban J connectivity index is 1.68. The molecule has 0 aliphatic carbocycles. The van der Waals surface area contributed by atoms with Crippen LogP contribution in [-0.4, -0.2) is 27.8 Å². The summed E-state index contributed by atoms with van der Waals surface area (Å²) in [5.41, 5.74) is 4.34. The largest absolute Gasteiger partial charge is 0.416 e. The van der Waals surface area contributed by atoms with Gasteiger partial charge in [0.25, 0.3) is 0 Å². The van der Waals surface area contributed by atoms with Crippen molar-refractivity contribution in [2.24, 2.45) is 5.10 Å². The third kappa shape index (κ3) is 4.81. The molecule has 3 rings (SSSR count). The zero-order valence-corrected chi connectivity index (χ0v) is 17.6. The van der Waals surface area contributed by atoms with Crippen molar-refractivity contribution in [3.63, 3.8) is 0 Å². The molecular weight excluding hydrogens is 405 g/mol. The second-order valence-electron chi connectivity index (χ2n) is 6.62. The van der Waals surface area contributed by atoms with Crippen molar-refractivity contribution in [2.45, 2.75) is 51.0 Å². The molecule has 1 aromatic heterocycles. The summed E-state index contributed by atoms with van der Waals surface area (Å²) in [4.78, 5) is 7.80. The van der Waals surface area contributed by atoms with Crippen molar-refractivity contribution in [2.75, 3.05) is 6.54 Å². The normalized spacial score (nSPS) is 17.0. The van der Waals surface area contributed by atoms with E-state index in [2.05, 4.69) is 27.3 Å². The summed E-state index contributed by atoms with van der Waals surface area (Å²) in [5.74, 6) is 1.50. The molecule has 152 valence electrons. The van der Waals surface area contributed by atoms with E-state index in [0.717, 1.165) is 58.5 Å². The number of aromatic nitrogens is 1. The molecule has 0 fully saturated rings. The van der Waals surface area contributed by atoms with E-state index in [0.29, 0.717) is 5.75 Å². The standard InChI is InChI=1S/C19H23F3N4S2/c1-4-5-10-26-17(16-12(2)23-13(3)28-16)24-25-18(26)27-11-14-6-8-15(9-7-14)19(20,21)22/h6-9,18,25H,4-5,10-11H2,1-3H3. The first-order valence-corrected chi connectivity index (χ1v) is 11.0. The molecule has 1 aromatic carbocycles. The van der Waals surface area contributed by atoms with Gasteiger partial charge in [0.05, 0.1) is 21.1 Å². The van der Waals surface area contributed by atoms with Crippen molar-refractivity contribution in [3.8, 4) is 0 Å². The van der Waals surface area contributed by atoms with E-state index in [4.69, 9.17) is 0 Å². The highest BCUT2D eigenvalue weighted by Gasteiger charge is 2.32. The molecule has 0 spiro atoms. The molecule has 9 heteroatoms. The van der Waals surface area contributed by atoms with Gasteiger partial charge in [0.2, 0.25) is 0 Å². The number of thioether (sulfide) groups is 1. The Morgan fingerprint density at radius 1 is 1.21 bits per heavy atom. The van der Waals surface area contributed by atoms with Gasteiger partial charge in [0.1, 0.15) is 0 Å². The number of nitrogens with zero attached hydrogens (tertiary/aromatic N) is 3. The van der Waals surface area contributed by atoms with Gasteiger partial charge in [-0.3, -0.25) is 5.43 Å². The average Bonchev–Trinajstić information content (AvgIpc) is 3.19. The molecule has 1 N–H and O–H groups in total. The maximum Gasteiger partial charge on any atom is 0.416 e. The molecule has 28 heavy (non-hydrogen) atoms. The maximum atomic E-state index is 12.7. The third-order valence-electron chi connectivity index (χ3n) is 4.38. The number of hydrazone groups is 1. The highest BCUT2D eigenvalue weighted by Crippen LogP contribution is 2.31. The topological polar surface area (TPSA) is 40.5 Å². The summed E-state index contributed by atoms with van der Waals surface area (Å²) in [5, 5.41) is 5.55. The van der Waals surface area contributed by atoms with Crippen LogP contribution in [0, 0.1) is 13.8 Å². The van der Waals surface area contributed by atoms with Crippen molar-refractivity contribution >= 4 is 28.9 Å². The van der Waals surface area contributed by atoms with Crippen molar-refractivity contribution < 1.29 is 13.2 Å². The highest BCUT2D eigenvalue weighted by atomic mass is 32.2. The number of alkyl halides is 3. The summed E-state index contributed by atoms with van der Waals surface area (Å²) in [6.07, 6.45) is -2.20. The number of rotatable bonds is 7. The molecule has 1 aliphatic heterocycles. The second kappa shape index (κ2) is 8.73. The molecule has 1 aliphatic rings. The zero-order chi connectivity index (χ0) is 20.3. The number of amidine groups is 1. The Morgan fingerprint density at radius 2 is 1.93 bits per heavy atom. The number of nitrogens with one attached hydrogen (secondary N) is 1. The van der Waals surface area contributed by atoms with Gasteiger partial charge in [-0.25, -0.2) is 4.98 Å². The van der Waals surface area contributed by atoms with Crippen molar-refractivity contribution in [1.29, 1.82) is 0 Å². The first-order chi connectivity index (χ1) is 13.3. The summed E-state index contributed by atoms with van der Waals surface area (Å²) in [6, 6.07) is 5.36. The van der Waals surface area contributed by atoms with Crippen molar-refractivity contribution in [3.05, 3.63) is 51.0 Å². The summed E-state index contributed by atoms with van der Waals surface area (Å²) in [7, 11) is 0. The van der Waals surface area contributed by atoms with Crippen LogP contribution < -0.4 is 5.43 Å². The van der Waals surface area contributed by atoms with E-state index in [1.54, 1.807) is 35.2 Å². The van der Waals surface area contributed by atoms with Crippen LogP contribution in [0.1, 0.15) is 46.5 Å². The minimum atomic E-state index is -4.30. The maximum absolute atomic E-state index is 12.7. The number of benzene rings is 1. The lowest BCUT2D eigenvalue weighted by Gasteiger charge is -2.26. The van der Waals surface area contributed by atoms with Crippen LogP contribution in [0.4, 0.5) is 13.2 Å². The van der Waals surface area contributed by atoms with Crippen LogP contribution >= 0.6 is 23.1 Å². The molecule has 1 atom stereocenters. The average molecular weight is 429 g/mol. The van der Waals surface area contributed by atoms with Crippen molar-refractivity contribution in [1.82, 2.24) is 15.3 Å². The molecular formula is C19H23F3N4S2. The number of hydrogen-bond acceptors (Lipinski definition) is 6. The molecule has 2 heterocycles. The van der Waals surface area contributed by atoms with Gasteiger partial charge in [-0.05, 0) is 38.0 Å². The number of aryl methyl sites for hydroxylation is 2. The van der Waals surface area contributed by atoms with E-state index >= 15 is 0 Å². The third-order valence-corrected chi connectivity index (χ3v) is 6.63. The Morgan fingerprint density at radius 3 is 2.50 bits per heavy atom. The van der Waals surface area contributed by atoms with Crippen LogP contribution in [0.5, 0.6) is 0 Å². The summed E-state index contributed by atoms with van der Waals surface area (Å²) in [6.45, 7) is 6.98. The van der Waals surface area contributed by atoms with Crippen LogP contribution in [0.25, 0.3) is 0 Å². The Bertz CT molecular complexity index is 831. The number of thiazole rings is 1. The first kappa shape index (κ1) is 21.0. The molecule has 0 amide bonds. The number of unbranched alkanes of at least 4 members (excludes halogenated alkanes) is 1. The van der Waals surface area contributed by atoms with E-state index in [1.165, 1.54) is 0 Å². The predicted molar refractivity (Wildman–Crippen MR) is 109 cm³/mol. The van der Waals surface area contributed by atoms with Crippen LogP contribution in [0.3, 0.4) is 0 Å². The van der Waals surface area contributed by atoms with Gasteiger partial charge in [0.15, 0.2) is 11.3 Å². The Hall–Kier alpha value is -1.74. The van der Waals surface area contributed by atoms with E-state index in [1.807, 2.05) is 13.8 Å². The molecule has 0 saturated carbocycles. The fourth-order valence-electron chi connectivity index (χ4n) is 2.93. The fraction of sp³-hybridized carbons (Fsp3) is 0.474. The van der Waals surface area contributed by atoms with Gasteiger partial charge >= 0.3 is 6.18 Å². The Labute approximate surface area is 171 Å². The van der Waals surface area contributed by atoms with Crippen LogP contribution in [0.15, 0.2) is 29.4 Å². The minimum Gasteiger partial charge on any atom is -0.324 e.